The van der Waals surface area contributed by atoms with Gasteiger partial charge in [0.15, 0.2) is 0 Å². The number of aromatic nitrogens is 2. The highest BCUT2D eigenvalue weighted by Crippen LogP contribution is 2.53. The summed E-state index contributed by atoms with van der Waals surface area (Å²) in [5.74, 6) is 1.76. The molecular weight excluding hydrogens is 150 g/mol. The van der Waals surface area contributed by atoms with Gasteiger partial charge in [0.05, 0.1) is 6.20 Å². The van der Waals surface area contributed by atoms with Gasteiger partial charge in [0.2, 0.25) is 0 Å². The van der Waals surface area contributed by atoms with E-state index in [-0.39, 0.29) is 0 Å². The number of rotatable bonds is 1. The Kier molecular flexibility index (Phi) is 1.17. The van der Waals surface area contributed by atoms with Crippen molar-refractivity contribution in [3.63, 3.8) is 0 Å². The van der Waals surface area contributed by atoms with Crippen LogP contribution in [-0.2, 0) is 13.1 Å². The summed E-state index contributed by atoms with van der Waals surface area (Å²) in [6, 6.07) is 0. The fourth-order valence-electron chi connectivity index (χ4n) is 2.39. The van der Waals surface area contributed by atoms with Crippen molar-refractivity contribution in [2.75, 3.05) is 0 Å². The highest BCUT2D eigenvalue weighted by Gasteiger charge is 2.44. The minimum atomic E-state index is 0.651. The van der Waals surface area contributed by atoms with Crippen molar-refractivity contribution in [1.82, 2.24) is 9.78 Å². The van der Waals surface area contributed by atoms with E-state index < -0.39 is 0 Å². The molecule has 2 unspecified atom stereocenters. The standard InChI is InChI=1S/C9H13N3/c10-4-7-5-11-12-2-1-6-3-8(6)9(7)12/h5-6,8H,1-4,10H2. The summed E-state index contributed by atoms with van der Waals surface area (Å²) in [6.45, 7) is 1.76. The van der Waals surface area contributed by atoms with Gasteiger partial charge < -0.3 is 5.73 Å². The summed E-state index contributed by atoms with van der Waals surface area (Å²) in [6.07, 6.45) is 4.64. The molecule has 1 saturated carbocycles. The van der Waals surface area contributed by atoms with Crippen molar-refractivity contribution in [2.45, 2.75) is 31.8 Å². The Morgan fingerprint density at radius 2 is 2.58 bits per heavy atom. The van der Waals surface area contributed by atoms with Crippen LogP contribution in [0.5, 0.6) is 0 Å². The Balaban J connectivity index is 2.10. The van der Waals surface area contributed by atoms with Crippen LogP contribution in [-0.4, -0.2) is 9.78 Å². The summed E-state index contributed by atoms with van der Waals surface area (Å²) in [4.78, 5) is 0. The Morgan fingerprint density at radius 1 is 1.67 bits per heavy atom. The van der Waals surface area contributed by atoms with Gasteiger partial charge in [-0.2, -0.15) is 5.10 Å². The molecule has 0 amide bonds. The molecule has 2 atom stereocenters. The zero-order valence-electron chi connectivity index (χ0n) is 7.03. The lowest BCUT2D eigenvalue weighted by Gasteiger charge is -2.13. The van der Waals surface area contributed by atoms with Crippen LogP contribution in [0.3, 0.4) is 0 Å². The fraction of sp³-hybridized carbons (Fsp3) is 0.667. The van der Waals surface area contributed by atoms with Crippen molar-refractivity contribution in [2.24, 2.45) is 11.7 Å². The molecule has 2 heterocycles. The van der Waals surface area contributed by atoms with E-state index >= 15 is 0 Å². The van der Waals surface area contributed by atoms with Crippen LogP contribution in [0.25, 0.3) is 0 Å². The van der Waals surface area contributed by atoms with Crippen LogP contribution in [0, 0.1) is 5.92 Å². The lowest BCUT2D eigenvalue weighted by molar-refractivity contribution is 0.480. The van der Waals surface area contributed by atoms with Crippen molar-refractivity contribution < 1.29 is 0 Å². The van der Waals surface area contributed by atoms with E-state index in [0.29, 0.717) is 6.54 Å². The molecule has 1 aromatic rings. The predicted octanol–water partition coefficient (Wildman–Crippen LogP) is 0.849. The normalized spacial score (nSPS) is 31.1. The van der Waals surface area contributed by atoms with E-state index in [9.17, 15) is 0 Å². The number of aryl methyl sites for hydroxylation is 1. The first kappa shape index (κ1) is 6.66. The third-order valence-electron chi connectivity index (χ3n) is 3.17. The molecule has 2 N–H and O–H groups in total. The molecule has 0 saturated heterocycles. The van der Waals surface area contributed by atoms with Gasteiger partial charge in [-0.15, -0.1) is 0 Å². The molecule has 3 nitrogen and oxygen atoms in total. The monoisotopic (exact) mass is 163 g/mol. The molecule has 12 heavy (non-hydrogen) atoms. The number of fused-ring (bicyclic) bond motifs is 3. The zero-order chi connectivity index (χ0) is 8.13. The van der Waals surface area contributed by atoms with Crippen molar-refractivity contribution >= 4 is 0 Å². The smallest absolute Gasteiger partial charge is 0.0537 e. The second-order valence-corrected chi connectivity index (χ2v) is 3.87. The van der Waals surface area contributed by atoms with Gasteiger partial charge in [-0.05, 0) is 18.8 Å². The van der Waals surface area contributed by atoms with Crippen LogP contribution < -0.4 is 5.73 Å². The van der Waals surface area contributed by atoms with Crippen LogP contribution in [0.15, 0.2) is 6.20 Å². The van der Waals surface area contributed by atoms with Crippen molar-refractivity contribution in [1.29, 1.82) is 0 Å². The van der Waals surface area contributed by atoms with Gasteiger partial charge in [0.25, 0.3) is 0 Å². The summed E-state index contributed by atoms with van der Waals surface area (Å²) in [5, 5.41) is 4.34. The van der Waals surface area contributed by atoms with E-state index in [4.69, 9.17) is 5.73 Å². The zero-order valence-corrected chi connectivity index (χ0v) is 7.03. The fourth-order valence-corrected chi connectivity index (χ4v) is 2.39. The molecule has 1 fully saturated rings. The Labute approximate surface area is 71.6 Å². The third-order valence-corrected chi connectivity index (χ3v) is 3.17. The molecule has 0 aromatic carbocycles. The first-order chi connectivity index (χ1) is 5.90. The molecule has 1 aliphatic carbocycles. The summed E-state index contributed by atoms with van der Waals surface area (Å²) >= 11 is 0. The topological polar surface area (TPSA) is 43.8 Å². The third kappa shape index (κ3) is 0.719. The van der Waals surface area contributed by atoms with Crippen LogP contribution in [0.4, 0.5) is 0 Å². The van der Waals surface area contributed by atoms with Gasteiger partial charge in [-0.25, -0.2) is 0 Å². The van der Waals surface area contributed by atoms with Gasteiger partial charge in [-0.3, -0.25) is 4.68 Å². The molecular formula is C9H13N3. The van der Waals surface area contributed by atoms with Crippen LogP contribution in [0.2, 0.25) is 0 Å². The molecule has 3 heteroatoms. The Morgan fingerprint density at radius 3 is 3.42 bits per heavy atom. The summed E-state index contributed by atoms with van der Waals surface area (Å²) in [5.41, 5.74) is 8.35. The molecule has 0 spiro atoms. The Bertz CT molecular complexity index is 302. The maximum absolute atomic E-state index is 5.65. The minimum Gasteiger partial charge on any atom is -0.326 e. The summed E-state index contributed by atoms with van der Waals surface area (Å²) < 4.78 is 2.15. The maximum atomic E-state index is 5.65. The largest absolute Gasteiger partial charge is 0.326 e. The lowest BCUT2D eigenvalue weighted by atomic mass is 10.1. The SMILES string of the molecule is NCc1cnn2c1C1CC1CC2. The highest BCUT2D eigenvalue weighted by molar-refractivity contribution is 5.28. The van der Waals surface area contributed by atoms with Gasteiger partial charge in [0, 0.05) is 30.3 Å². The molecule has 3 rings (SSSR count). The van der Waals surface area contributed by atoms with E-state index in [2.05, 4.69) is 9.78 Å². The quantitative estimate of drug-likeness (QED) is 0.667. The summed E-state index contributed by atoms with van der Waals surface area (Å²) in [7, 11) is 0. The Hall–Kier alpha value is -0.830. The average molecular weight is 163 g/mol. The van der Waals surface area contributed by atoms with Crippen LogP contribution >= 0.6 is 0 Å². The average Bonchev–Trinajstić information content (AvgIpc) is 2.78. The molecule has 0 bridgehead atoms. The van der Waals surface area contributed by atoms with Gasteiger partial charge >= 0.3 is 0 Å². The highest BCUT2D eigenvalue weighted by atomic mass is 15.3. The second kappa shape index (κ2) is 2.10. The number of nitrogens with two attached hydrogens (primary N) is 1. The molecule has 64 valence electrons. The lowest BCUT2D eigenvalue weighted by Crippen LogP contribution is -2.12. The van der Waals surface area contributed by atoms with Crippen LogP contribution in [0.1, 0.15) is 30.0 Å². The minimum absolute atomic E-state index is 0.651. The first-order valence-electron chi connectivity index (χ1n) is 4.65. The maximum Gasteiger partial charge on any atom is 0.0537 e. The number of nitrogens with zero attached hydrogens (tertiary/aromatic N) is 2. The van der Waals surface area contributed by atoms with E-state index in [0.717, 1.165) is 18.4 Å². The van der Waals surface area contributed by atoms with Gasteiger partial charge in [0.1, 0.15) is 0 Å². The molecule has 1 aromatic heterocycles. The predicted molar refractivity (Wildman–Crippen MR) is 45.6 cm³/mol. The van der Waals surface area contributed by atoms with E-state index in [1.54, 1.807) is 0 Å². The first-order valence-corrected chi connectivity index (χ1v) is 4.65. The molecule has 2 aliphatic rings. The van der Waals surface area contributed by atoms with E-state index in [1.807, 2.05) is 6.20 Å². The van der Waals surface area contributed by atoms with Crippen molar-refractivity contribution in [3.05, 3.63) is 17.5 Å². The second-order valence-electron chi connectivity index (χ2n) is 3.87. The molecule has 0 radical (unpaired) electrons. The number of hydrogen-bond acceptors (Lipinski definition) is 2. The van der Waals surface area contributed by atoms with Gasteiger partial charge in [-0.1, -0.05) is 0 Å². The van der Waals surface area contributed by atoms with E-state index in [1.165, 1.54) is 24.1 Å². The number of hydrogen-bond donors (Lipinski definition) is 1. The molecule has 1 aliphatic heterocycles. The van der Waals surface area contributed by atoms with Crippen molar-refractivity contribution in [3.8, 4) is 0 Å².